The second-order valence-electron chi connectivity index (χ2n) is 5.04. The molecule has 0 spiro atoms. The van der Waals surface area contributed by atoms with Crippen LogP contribution in [0.25, 0.3) is 0 Å². The Balaban J connectivity index is 2.58. The molecule has 0 saturated carbocycles. The van der Waals surface area contributed by atoms with Crippen LogP contribution in [0.15, 0.2) is 36.4 Å². The summed E-state index contributed by atoms with van der Waals surface area (Å²) in [7, 11) is 1.78. The van der Waals surface area contributed by atoms with Crippen molar-refractivity contribution < 1.29 is 9.18 Å². The lowest BCUT2D eigenvalue weighted by Gasteiger charge is -2.24. The first-order valence-electron chi connectivity index (χ1n) is 6.52. The zero-order valence-electron chi connectivity index (χ0n) is 12.2. The molecule has 0 radical (unpaired) electrons. The van der Waals surface area contributed by atoms with Gasteiger partial charge < -0.3 is 4.90 Å². The molecule has 20 heavy (non-hydrogen) atoms. The van der Waals surface area contributed by atoms with Crippen LogP contribution < -0.4 is 4.90 Å². The topological polar surface area (TPSA) is 20.3 Å². The minimum atomic E-state index is -0.389. The molecule has 2 rings (SSSR count). The van der Waals surface area contributed by atoms with Gasteiger partial charge in [0.05, 0.1) is 5.69 Å². The van der Waals surface area contributed by atoms with E-state index in [0.29, 0.717) is 11.3 Å². The summed E-state index contributed by atoms with van der Waals surface area (Å²) in [6.45, 7) is 5.45. The van der Waals surface area contributed by atoms with E-state index < -0.39 is 0 Å². The van der Waals surface area contributed by atoms with Crippen LogP contribution in [0, 0.1) is 19.7 Å². The molecule has 0 unspecified atom stereocenters. The van der Waals surface area contributed by atoms with Crippen LogP contribution in [0.3, 0.4) is 0 Å². The van der Waals surface area contributed by atoms with E-state index in [1.165, 1.54) is 13.0 Å². The van der Waals surface area contributed by atoms with Gasteiger partial charge in [0.1, 0.15) is 5.82 Å². The Labute approximate surface area is 118 Å². The summed E-state index contributed by atoms with van der Waals surface area (Å²) >= 11 is 0. The molecule has 0 bridgehead atoms. The van der Waals surface area contributed by atoms with E-state index in [2.05, 4.69) is 0 Å². The average Bonchev–Trinajstić information content (AvgIpc) is 2.37. The summed E-state index contributed by atoms with van der Waals surface area (Å²) in [5, 5.41) is 0. The highest BCUT2D eigenvalue weighted by atomic mass is 19.1. The molecule has 0 atom stereocenters. The van der Waals surface area contributed by atoms with Gasteiger partial charge in [-0.2, -0.15) is 0 Å². The molecule has 0 aliphatic rings. The highest BCUT2D eigenvalue weighted by molar-refractivity contribution is 6.00. The van der Waals surface area contributed by atoms with Crippen molar-refractivity contribution in [3.05, 3.63) is 58.9 Å². The number of Topliss-reactive ketones (excluding diaryl/α,β-unsaturated/α-hetero) is 1. The number of benzene rings is 2. The number of hydrogen-bond donors (Lipinski definition) is 0. The number of aryl methyl sites for hydroxylation is 2. The van der Waals surface area contributed by atoms with Gasteiger partial charge in [0, 0.05) is 18.3 Å². The molecule has 2 nitrogen and oxygen atoms in total. The number of carbonyl (C=O) groups excluding carboxylic acids is 1. The maximum Gasteiger partial charge on any atom is 0.162 e. The third-order valence-corrected chi connectivity index (χ3v) is 3.42. The third-order valence-electron chi connectivity index (χ3n) is 3.42. The first kappa shape index (κ1) is 14.3. The van der Waals surface area contributed by atoms with Gasteiger partial charge >= 0.3 is 0 Å². The summed E-state index contributed by atoms with van der Waals surface area (Å²) in [4.78, 5) is 13.4. The molecule has 0 aliphatic heterocycles. The Morgan fingerprint density at radius 3 is 2.45 bits per heavy atom. The van der Waals surface area contributed by atoms with E-state index in [9.17, 15) is 9.18 Å². The molecule has 0 N–H and O–H groups in total. The number of hydrogen-bond acceptors (Lipinski definition) is 2. The van der Waals surface area contributed by atoms with Gasteiger partial charge in [0.25, 0.3) is 0 Å². The monoisotopic (exact) mass is 271 g/mol. The first-order chi connectivity index (χ1) is 9.41. The number of halogens is 1. The quantitative estimate of drug-likeness (QED) is 0.770. The van der Waals surface area contributed by atoms with Crippen molar-refractivity contribution in [1.82, 2.24) is 0 Å². The van der Waals surface area contributed by atoms with Crippen LogP contribution in [0.4, 0.5) is 15.8 Å². The predicted molar refractivity (Wildman–Crippen MR) is 80.4 cm³/mol. The van der Waals surface area contributed by atoms with Crippen molar-refractivity contribution in [2.45, 2.75) is 20.8 Å². The molecule has 0 saturated heterocycles. The lowest BCUT2D eigenvalue weighted by atomic mass is 10.1. The van der Waals surface area contributed by atoms with E-state index in [4.69, 9.17) is 0 Å². The number of ketones is 1. The van der Waals surface area contributed by atoms with Gasteiger partial charge in [0.2, 0.25) is 0 Å². The molecule has 3 heteroatoms. The van der Waals surface area contributed by atoms with E-state index in [0.717, 1.165) is 16.8 Å². The lowest BCUT2D eigenvalue weighted by molar-refractivity contribution is 0.101. The zero-order chi connectivity index (χ0) is 14.9. The van der Waals surface area contributed by atoms with Gasteiger partial charge in [-0.25, -0.2) is 4.39 Å². The maximum atomic E-state index is 14.2. The minimum absolute atomic E-state index is 0.142. The Hall–Kier alpha value is -2.16. The molecular weight excluding hydrogens is 253 g/mol. The fourth-order valence-corrected chi connectivity index (χ4v) is 2.44. The Kier molecular flexibility index (Phi) is 3.89. The summed E-state index contributed by atoms with van der Waals surface area (Å²) in [5.41, 5.74) is 3.81. The van der Waals surface area contributed by atoms with E-state index >= 15 is 0 Å². The number of rotatable bonds is 3. The van der Waals surface area contributed by atoms with Gasteiger partial charge in [-0.15, -0.1) is 0 Å². The van der Waals surface area contributed by atoms with Crippen LogP contribution in [-0.4, -0.2) is 12.8 Å². The lowest BCUT2D eigenvalue weighted by Crippen LogP contribution is -2.16. The van der Waals surface area contributed by atoms with Gasteiger partial charge in [-0.3, -0.25) is 4.79 Å². The Morgan fingerprint density at radius 1 is 1.15 bits per heavy atom. The van der Waals surface area contributed by atoms with Crippen LogP contribution in [-0.2, 0) is 0 Å². The van der Waals surface area contributed by atoms with Crippen LogP contribution in [0.1, 0.15) is 28.4 Å². The van der Waals surface area contributed by atoms with E-state index in [1.54, 1.807) is 24.1 Å². The number of carbonyl (C=O) groups is 1. The van der Waals surface area contributed by atoms with Crippen molar-refractivity contribution in [3.8, 4) is 0 Å². The van der Waals surface area contributed by atoms with Crippen LogP contribution in [0.2, 0.25) is 0 Å². The molecule has 0 amide bonds. The molecule has 2 aromatic carbocycles. The molecule has 0 fully saturated rings. The molecule has 2 aromatic rings. The van der Waals surface area contributed by atoms with Crippen molar-refractivity contribution in [3.63, 3.8) is 0 Å². The number of para-hydroxylation sites is 1. The number of nitrogens with zero attached hydrogens (tertiary/aromatic N) is 1. The van der Waals surface area contributed by atoms with E-state index in [1.807, 2.05) is 32.0 Å². The summed E-state index contributed by atoms with van der Waals surface area (Å²) in [5.74, 6) is -0.531. The smallest absolute Gasteiger partial charge is 0.162 e. The molecule has 0 aromatic heterocycles. The SMILES string of the molecule is CC(=O)c1cccc(F)c1N(C)c1ccc(C)cc1C. The van der Waals surface area contributed by atoms with Gasteiger partial charge in [0.15, 0.2) is 5.78 Å². The zero-order valence-corrected chi connectivity index (χ0v) is 12.2. The average molecular weight is 271 g/mol. The second-order valence-corrected chi connectivity index (χ2v) is 5.04. The Morgan fingerprint density at radius 2 is 1.85 bits per heavy atom. The highest BCUT2D eigenvalue weighted by Crippen LogP contribution is 2.32. The van der Waals surface area contributed by atoms with Crippen LogP contribution >= 0.6 is 0 Å². The summed E-state index contributed by atoms with van der Waals surface area (Å²) in [6, 6.07) is 10.6. The third kappa shape index (κ3) is 2.57. The van der Waals surface area contributed by atoms with Crippen molar-refractivity contribution >= 4 is 17.2 Å². The maximum absolute atomic E-state index is 14.2. The summed E-state index contributed by atoms with van der Waals surface area (Å²) in [6.07, 6.45) is 0. The molecule has 104 valence electrons. The molecular formula is C17H18FNO. The largest absolute Gasteiger partial charge is 0.341 e. The normalized spacial score (nSPS) is 10.4. The standard InChI is InChI=1S/C17H18FNO/c1-11-8-9-16(12(2)10-11)19(4)17-14(13(3)20)6-5-7-15(17)18/h5-10H,1-4H3. The molecule has 0 aliphatic carbocycles. The second kappa shape index (κ2) is 5.45. The van der Waals surface area contributed by atoms with Crippen molar-refractivity contribution in [2.24, 2.45) is 0 Å². The Bertz CT molecular complexity index is 664. The summed E-state index contributed by atoms with van der Waals surface area (Å²) < 4.78 is 14.2. The fraction of sp³-hybridized carbons (Fsp3) is 0.235. The number of anilines is 2. The minimum Gasteiger partial charge on any atom is -0.341 e. The van der Waals surface area contributed by atoms with E-state index in [-0.39, 0.29) is 11.6 Å². The van der Waals surface area contributed by atoms with Gasteiger partial charge in [-0.05, 0) is 44.5 Å². The van der Waals surface area contributed by atoms with Crippen molar-refractivity contribution in [2.75, 3.05) is 11.9 Å². The fourth-order valence-electron chi connectivity index (χ4n) is 2.44. The highest BCUT2D eigenvalue weighted by Gasteiger charge is 2.18. The van der Waals surface area contributed by atoms with Gasteiger partial charge in [-0.1, -0.05) is 23.8 Å². The first-order valence-corrected chi connectivity index (χ1v) is 6.52. The van der Waals surface area contributed by atoms with Crippen LogP contribution in [0.5, 0.6) is 0 Å². The predicted octanol–water partition coefficient (Wildman–Crippen LogP) is 4.41. The van der Waals surface area contributed by atoms with Crippen molar-refractivity contribution in [1.29, 1.82) is 0 Å². The molecule has 0 heterocycles.